The highest BCUT2D eigenvalue weighted by atomic mass is 79.9. The molecular weight excluding hydrogens is 294 g/mol. The number of benzene rings is 2. The topological polar surface area (TPSA) is 26.0 Å². The highest BCUT2D eigenvalue weighted by Gasteiger charge is 2.05. The van der Waals surface area contributed by atoms with Gasteiger partial charge in [0.2, 0.25) is 0 Å². The summed E-state index contributed by atoms with van der Waals surface area (Å²) in [4.78, 5) is 2.45. The standard InChI is InChI=1S/C14H14BrNS/c1-10(16)11-7-8-14(13(15)9-11)17-12-5-3-2-4-6-12/h2-10H,16H2,1H3. The summed E-state index contributed by atoms with van der Waals surface area (Å²) in [6.45, 7) is 1.99. The average Bonchev–Trinajstić information content (AvgIpc) is 2.33. The second-order valence-electron chi connectivity index (χ2n) is 3.89. The van der Waals surface area contributed by atoms with Gasteiger partial charge in [-0.15, -0.1) is 0 Å². The molecule has 2 aromatic rings. The van der Waals surface area contributed by atoms with Crippen LogP contribution in [0.15, 0.2) is 62.8 Å². The van der Waals surface area contributed by atoms with Gasteiger partial charge < -0.3 is 5.73 Å². The summed E-state index contributed by atoms with van der Waals surface area (Å²) in [5, 5.41) is 0. The van der Waals surface area contributed by atoms with Crippen LogP contribution in [-0.2, 0) is 0 Å². The lowest BCUT2D eigenvalue weighted by atomic mass is 10.1. The third kappa shape index (κ3) is 3.35. The number of hydrogen-bond donors (Lipinski definition) is 1. The van der Waals surface area contributed by atoms with Crippen molar-refractivity contribution in [1.82, 2.24) is 0 Å². The molecular formula is C14H14BrNS. The first kappa shape index (κ1) is 12.7. The predicted molar refractivity (Wildman–Crippen MR) is 77.3 cm³/mol. The van der Waals surface area contributed by atoms with Gasteiger partial charge in [-0.3, -0.25) is 0 Å². The van der Waals surface area contributed by atoms with Crippen LogP contribution in [0.2, 0.25) is 0 Å². The van der Waals surface area contributed by atoms with Crippen LogP contribution in [0, 0.1) is 0 Å². The molecule has 0 aliphatic heterocycles. The number of nitrogens with two attached hydrogens (primary N) is 1. The number of hydrogen-bond acceptors (Lipinski definition) is 2. The summed E-state index contributed by atoms with van der Waals surface area (Å²) in [5.41, 5.74) is 7.01. The van der Waals surface area contributed by atoms with E-state index < -0.39 is 0 Å². The van der Waals surface area contributed by atoms with Crippen LogP contribution < -0.4 is 5.73 Å². The van der Waals surface area contributed by atoms with Crippen molar-refractivity contribution in [1.29, 1.82) is 0 Å². The summed E-state index contributed by atoms with van der Waals surface area (Å²) in [6.07, 6.45) is 0. The van der Waals surface area contributed by atoms with Crippen molar-refractivity contribution in [2.45, 2.75) is 22.8 Å². The van der Waals surface area contributed by atoms with Gasteiger partial charge in [0.05, 0.1) is 0 Å². The van der Waals surface area contributed by atoms with E-state index in [0.29, 0.717) is 0 Å². The molecule has 2 rings (SSSR count). The van der Waals surface area contributed by atoms with Gasteiger partial charge in [-0.05, 0) is 52.7 Å². The van der Waals surface area contributed by atoms with E-state index in [1.54, 1.807) is 11.8 Å². The van der Waals surface area contributed by atoms with Crippen molar-refractivity contribution in [3.05, 3.63) is 58.6 Å². The summed E-state index contributed by atoms with van der Waals surface area (Å²) in [5.74, 6) is 0. The quantitative estimate of drug-likeness (QED) is 0.895. The molecule has 1 atom stereocenters. The minimum absolute atomic E-state index is 0.0714. The Bertz CT molecular complexity index is 497. The van der Waals surface area contributed by atoms with Gasteiger partial charge in [0.25, 0.3) is 0 Å². The average molecular weight is 308 g/mol. The maximum Gasteiger partial charge on any atom is 0.0318 e. The second-order valence-corrected chi connectivity index (χ2v) is 5.86. The van der Waals surface area contributed by atoms with Crippen LogP contribution in [-0.4, -0.2) is 0 Å². The smallest absolute Gasteiger partial charge is 0.0318 e. The van der Waals surface area contributed by atoms with E-state index in [1.165, 1.54) is 9.79 Å². The molecule has 3 heteroatoms. The summed E-state index contributed by atoms with van der Waals surface area (Å²) in [7, 11) is 0. The molecule has 1 nitrogen and oxygen atoms in total. The molecule has 0 bridgehead atoms. The molecule has 0 aromatic heterocycles. The number of halogens is 1. The summed E-state index contributed by atoms with van der Waals surface area (Å²) >= 11 is 5.34. The van der Waals surface area contributed by atoms with Crippen LogP contribution in [0.5, 0.6) is 0 Å². The first-order valence-electron chi connectivity index (χ1n) is 5.45. The fraction of sp³-hybridized carbons (Fsp3) is 0.143. The summed E-state index contributed by atoms with van der Waals surface area (Å²) in [6, 6.07) is 16.7. The SMILES string of the molecule is CC(N)c1ccc(Sc2ccccc2)c(Br)c1. The lowest BCUT2D eigenvalue weighted by Gasteiger charge is -2.09. The number of rotatable bonds is 3. The van der Waals surface area contributed by atoms with E-state index in [1.807, 2.05) is 25.1 Å². The van der Waals surface area contributed by atoms with Crippen LogP contribution in [0.3, 0.4) is 0 Å². The lowest BCUT2D eigenvalue weighted by molar-refractivity contribution is 0.815. The Morgan fingerprint density at radius 2 is 1.82 bits per heavy atom. The Balaban J connectivity index is 2.23. The van der Waals surface area contributed by atoms with Crippen molar-refractivity contribution in [3.63, 3.8) is 0 Å². The molecule has 2 N–H and O–H groups in total. The van der Waals surface area contributed by atoms with Crippen molar-refractivity contribution in [3.8, 4) is 0 Å². The van der Waals surface area contributed by atoms with Gasteiger partial charge >= 0.3 is 0 Å². The zero-order valence-corrected chi connectivity index (χ0v) is 12.0. The predicted octanol–water partition coefficient (Wildman–Crippen LogP) is 4.62. The monoisotopic (exact) mass is 307 g/mol. The van der Waals surface area contributed by atoms with Crippen molar-refractivity contribution >= 4 is 27.7 Å². The Labute approximate surface area is 115 Å². The molecule has 0 radical (unpaired) electrons. The Morgan fingerprint density at radius 1 is 1.12 bits per heavy atom. The molecule has 0 saturated carbocycles. The van der Waals surface area contributed by atoms with E-state index in [4.69, 9.17) is 5.73 Å². The maximum absolute atomic E-state index is 5.86. The molecule has 0 spiro atoms. The normalized spacial score (nSPS) is 12.4. The molecule has 0 fully saturated rings. The molecule has 0 saturated heterocycles. The molecule has 17 heavy (non-hydrogen) atoms. The molecule has 1 unspecified atom stereocenters. The van der Waals surface area contributed by atoms with E-state index in [2.05, 4.69) is 46.3 Å². The fourth-order valence-corrected chi connectivity index (χ4v) is 2.98. The largest absolute Gasteiger partial charge is 0.324 e. The van der Waals surface area contributed by atoms with E-state index in [0.717, 1.165) is 10.0 Å². The highest BCUT2D eigenvalue weighted by Crippen LogP contribution is 2.34. The minimum atomic E-state index is 0.0714. The highest BCUT2D eigenvalue weighted by molar-refractivity contribution is 9.10. The third-order valence-electron chi connectivity index (χ3n) is 2.45. The summed E-state index contributed by atoms with van der Waals surface area (Å²) < 4.78 is 1.10. The first-order valence-corrected chi connectivity index (χ1v) is 7.05. The van der Waals surface area contributed by atoms with Crippen LogP contribution in [0.1, 0.15) is 18.5 Å². The lowest BCUT2D eigenvalue weighted by Crippen LogP contribution is -2.04. The molecule has 0 amide bonds. The molecule has 88 valence electrons. The first-order chi connectivity index (χ1) is 8.16. The molecule has 0 aliphatic carbocycles. The van der Waals surface area contributed by atoms with Crippen molar-refractivity contribution < 1.29 is 0 Å². The van der Waals surface area contributed by atoms with E-state index in [-0.39, 0.29) is 6.04 Å². The van der Waals surface area contributed by atoms with Crippen LogP contribution in [0.4, 0.5) is 0 Å². The van der Waals surface area contributed by atoms with Crippen LogP contribution in [0.25, 0.3) is 0 Å². The van der Waals surface area contributed by atoms with Gasteiger partial charge in [0.15, 0.2) is 0 Å². The third-order valence-corrected chi connectivity index (χ3v) is 4.46. The van der Waals surface area contributed by atoms with Gasteiger partial charge in [-0.25, -0.2) is 0 Å². The van der Waals surface area contributed by atoms with E-state index in [9.17, 15) is 0 Å². The van der Waals surface area contributed by atoms with Crippen LogP contribution >= 0.6 is 27.7 Å². The van der Waals surface area contributed by atoms with Crippen molar-refractivity contribution in [2.75, 3.05) is 0 Å². The van der Waals surface area contributed by atoms with Gasteiger partial charge in [-0.1, -0.05) is 36.0 Å². The fourth-order valence-electron chi connectivity index (χ4n) is 1.50. The van der Waals surface area contributed by atoms with Gasteiger partial charge in [-0.2, -0.15) is 0 Å². The molecule has 0 aliphatic rings. The van der Waals surface area contributed by atoms with Gasteiger partial charge in [0, 0.05) is 20.3 Å². The Kier molecular flexibility index (Phi) is 4.26. The second kappa shape index (κ2) is 5.71. The zero-order chi connectivity index (χ0) is 12.3. The zero-order valence-electron chi connectivity index (χ0n) is 9.56. The molecule has 2 aromatic carbocycles. The van der Waals surface area contributed by atoms with E-state index >= 15 is 0 Å². The van der Waals surface area contributed by atoms with Crippen molar-refractivity contribution in [2.24, 2.45) is 5.73 Å². The maximum atomic E-state index is 5.86. The Hall–Kier alpha value is -0.770. The van der Waals surface area contributed by atoms with Gasteiger partial charge in [0.1, 0.15) is 0 Å². The Morgan fingerprint density at radius 3 is 2.41 bits per heavy atom. The minimum Gasteiger partial charge on any atom is -0.324 e. The molecule has 0 heterocycles.